The number of carbonyl (C=O) groups excluding carboxylic acids is 1. The highest BCUT2D eigenvalue weighted by Gasteiger charge is 2.12. The summed E-state index contributed by atoms with van der Waals surface area (Å²) < 4.78 is 9.25. The summed E-state index contributed by atoms with van der Waals surface area (Å²) in [4.78, 5) is 28.4. The third-order valence-corrected chi connectivity index (χ3v) is 3.67. The average Bonchev–Trinajstić information content (AvgIpc) is 3.40. The summed E-state index contributed by atoms with van der Waals surface area (Å²) in [6.07, 6.45) is 8.95. The maximum Gasteiger partial charge on any atom is 0.373 e. The van der Waals surface area contributed by atoms with Crippen molar-refractivity contribution in [3.63, 3.8) is 0 Å². The number of rotatable bonds is 7. The van der Waals surface area contributed by atoms with E-state index >= 15 is 0 Å². The number of hydrogen-bond acceptors (Lipinski definition) is 7. The van der Waals surface area contributed by atoms with Crippen LogP contribution in [-0.4, -0.2) is 39.0 Å². The lowest BCUT2D eigenvalue weighted by Crippen LogP contribution is -2.33. The van der Waals surface area contributed by atoms with Crippen LogP contribution in [0.3, 0.4) is 0 Å². The molecular formula is C18H30N4O5. The fraction of sp³-hybridized carbons (Fsp3) is 0.556. The van der Waals surface area contributed by atoms with Crippen LogP contribution < -0.4 is 11.1 Å². The van der Waals surface area contributed by atoms with Crippen LogP contribution in [0.2, 0.25) is 0 Å². The molecule has 0 spiro atoms. The number of carbonyl (C=O) groups is 2. The Morgan fingerprint density at radius 3 is 1.74 bits per heavy atom. The molecule has 9 heteroatoms. The molecule has 0 unspecified atom stereocenters. The summed E-state index contributed by atoms with van der Waals surface area (Å²) in [5, 5.41) is 11.0. The Balaban J connectivity index is 0.000000413. The van der Waals surface area contributed by atoms with Gasteiger partial charge in [0.15, 0.2) is 12.8 Å². The zero-order valence-corrected chi connectivity index (χ0v) is 16.3. The summed E-state index contributed by atoms with van der Waals surface area (Å²) in [7, 11) is 0. The van der Waals surface area contributed by atoms with Crippen molar-refractivity contribution in [3.8, 4) is 0 Å². The molecule has 2 heterocycles. The molecule has 0 aromatic carbocycles. The number of aromatic nitrogens is 2. The Labute approximate surface area is 159 Å². The van der Waals surface area contributed by atoms with E-state index < -0.39 is 5.97 Å². The molecule has 0 fully saturated rings. The monoisotopic (exact) mass is 382 g/mol. The molecule has 0 atom stereocenters. The second kappa shape index (κ2) is 14.5. The van der Waals surface area contributed by atoms with Crippen LogP contribution in [0.4, 0.5) is 0 Å². The number of carboxylic acids is 1. The van der Waals surface area contributed by atoms with Crippen LogP contribution in [0.5, 0.6) is 0 Å². The van der Waals surface area contributed by atoms with Crippen molar-refractivity contribution in [3.05, 3.63) is 36.7 Å². The van der Waals surface area contributed by atoms with Gasteiger partial charge in [-0.3, -0.25) is 4.79 Å². The minimum absolute atomic E-state index is 0.134. The van der Waals surface area contributed by atoms with E-state index in [0.717, 1.165) is 38.3 Å². The fourth-order valence-electron chi connectivity index (χ4n) is 1.69. The molecule has 0 aliphatic carbocycles. The molecule has 2 aromatic heterocycles. The minimum atomic E-state index is -1.09. The summed E-state index contributed by atoms with van der Waals surface area (Å²) in [6, 6.07) is 0.655. The predicted molar refractivity (Wildman–Crippen MR) is 100 cm³/mol. The largest absolute Gasteiger partial charge is 0.475 e. The smallest absolute Gasteiger partial charge is 0.373 e. The van der Waals surface area contributed by atoms with Crippen LogP contribution in [0.15, 0.2) is 34.0 Å². The Bertz CT molecular complexity index is 606. The van der Waals surface area contributed by atoms with Crippen molar-refractivity contribution in [1.82, 2.24) is 15.3 Å². The maximum absolute atomic E-state index is 11.4. The fourth-order valence-corrected chi connectivity index (χ4v) is 1.69. The van der Waals surface area contributed by atoms with Gasteiger partial charge < -0.3 is 25.0 Å². The molecule has 0 saturated carbocycles. The predicted octanol–water partition coefficient (Wildman–Crippen LogP) is 3.10. The third-order valence-electron chi connectivity index (χ3n) is 3.67. The van der Waals surface area contributed by atoms with Crippen molar-refractivity contribution in [1.29, 1.82) is 0 Å². The molecular weight excluding hydrogens is 352 g/mol. The SMILES string of the molecule is CCC(CC)NC(=O)c1cnco1.CCC(N)CC.O=C(O)c1cnco1. The number of nitrogens with zero attached hydrogens (tertiary/aromatic N) is 2. The first-order valence-corrected chi connectivity index (χ1v) is 8.96. The first-order chi connectivity index (χ1) is 12.9. The number of carboxylic acid groups (broad SMARTS) is 1. The van der Waals surface area contributed by atoms with Crippen molar-refractivity contribution in [2.24, 2.45) is 5.73 Å². The van der Waals surface area contributed by atoms with Gasteiger partial charge in [-0.05, 0) is 25.7 Å². The highest BCUT2D eigenvalue weighted by Crippen LogP contribution is 2.01. The number of amides is 1. The Hall–Kier alpha value is -2.68. The van der Waals surface area contributed by atoms with E-state index in [0.29, 0.717) is 6.04 Å². The number of aromatic carboxylic acids is 1. The Kier molecular flexibility index (Phi) is 13.0. The molecule has 2 rings (SSSR count). The molecule has 1 amide bonds. The molecule has 27 heavy (non-hydrogen) atoms. The summed E-state index contributed by atoms with van der Waals surface area (Å²) >= 11 is 0. The highest BCUT2D eigenvalue weighted by molar-refractivity contribution is 5.91. The lowest BCUT2D eigenvalue weighted by molar-refractivity contribution is 0.0662. The van der Waals surface area contributed by atoms with E-state index in [1.54, 1.807) is 0 Å². The summed E-state index contributed by atoms with van der Waals surface area (Å²) in [5.74, 6) is -1.15. The van der Waals surface area contributed by atoms with Gasteiger partial charge in [-0.15, -0.1) is 0 Å². The van der Waals surface area contributed by atoms with E-state index in [4.69, 9.17) is 15.3 Å². The molecule has 0 aliphatic rings. The van der Waals surface area contributed by atoms with Crippen molar-refractivity contribution < 1.29 is 23.5 Å². The van der Waals surface area contributed by atoms with Gasteiger partial charge in [0.25, 0.3) is 5.91 Å². The lowest BCUT2D eigenvalue weighted by atomic mass is 10.2. The van der Waals surface area contributed by atoms with E-state index in [1.165, 1.54) is 12.6 Å². The molecule has 0 saturated heterocycles. The molecule has 4 N–H and O–H groups in total. The van der Waals surface area contributed by atoms with Gasteiger partial charge in [-0.2, -0.15) is 0 Å². The van der Waals surface area contributed by atoms with Gasteiger partial charge in [0.1, 0.15) is 0 Å². The number of nitrogens with two attached hydrogens (primary N) is 1. The second-order valence-corrected chi connectivity index (χ2v) is 5.60. The molecule has 2 aromatic rings. The van der Waals surface area contributed by atoms with Crippen molar-refractivity contribution in [2.75, 3.05) is 0 Å². The molecule has 9 nitrogen and oxygen atoms in total. The van der Waals surface area contributed by atoms with Crippen molar-refractivity contribution in [2.45, 2.75) is 65.5 Å². The van der Waals surface area contributed by atoms with Gasteiger partial charge in [0, 0.05) is 12.1 Å². The van der Waals surface area contributed by atoms with Crippen LogP contribution in [-0.2, 0) is 0 Å². The van der Waals surface area contributed by atoms with Crippen molar-refractivity contribution >= 4 is 11.9 Å². The van der Waals surface area contributed by atoms with Gasteiger partial charge in [0.05, 0.1) is 12.4 Å². The first-order valence-electron chi connectivity index (χ1n) is 8.96. The highest BCUT2D eigenvalue weighted by atomic mass is 16.4. The second-order valence-electron chi connectivity index (χ2n) is 5.60. The van der Waals surface area contributed by atoms with Crippen LogP contribution in [0.25, 0.3) is 0 Å². The van der Waals surface area contributed by atoms with Gasteiger partial charge in [0.2, 0.25) is 11.5 Å². The number of hydrogen-bond donors (Lipinski definition) is 3. The van der Waals surface area contributed by atoms with E-state index in [-0.39, 0.29) is 23.5 Å². The third kappa shape index (κ3) is 10.8. The van der Waals surface area contributed by atoms with Gasteiger partial charge >= 0.3 is 5.97 Å². The Morgan fingerprint density at radius 2 is 1.48 bits per heavy atom. The van der Waals surface area contributed by atoms with Gasteiger partial charge in [-0.1, -0.05) is 27.7 Å². The molecule has 0 radical (unpaired) electrons. The van der Waals surface area contributed by atoms with E-state index in [9.17, 15) is 9.59 Å². The van der Waals surface area contributed by atoms with E-state index in [2.05, 4.69) is 33.5 Å². The van der Waals surface area contributed by atoms with E-state index in [1.807, 2.05) is 13.8 Å². The maximum atomic E-state index is 11.4. The molecule has 0 aliphatic heterocycles. The first kappa shape index (κ1) is 24.3. The quantitative estimate of drug-likeness (QED) is 0.662. The number of nitrogens with one attached hydrogen (secondary N) is 1. The van der Waals surface area contributed by atoms with Crippen LogP contribution in [0, 0.1) is 0 Å². The standard InChI is InChI=1S/C9H14N2O2.C5H13N.C4H3NO3/c1-3-7(4-2)11-9(12)8-5-10-6-13-8;1-3-5(6)4-2;6-4(7)3-1-5-2-8-3/h5-7H,3-4H2,1-2H3,(H,11,12);5H,3-4,6H2,1-2H3;1-2H,(H,6,7). The zero-order valence-electron chi connectivity index (χ0n) is 16.3. The Morgan fingerprint density at radius 1 is 1.00 bits per heavy atom. The van der Waals surface area contributed by atoms with Gasteiger partial charge in [-0.25, -0.2) is 14.8 Å². The van der Waals surface area contributed by atoms with Crippen LogP contribution in [0.1, 0.15) is 74.5 Å². The average molecular weight is 382 g/mol. The van der Waals surface area contributed by atoms with Crippen LogP contribution >= 0.6 is 0 Å². The summed E-state index contributed by atoms with van der Waals surface area (Å²) in [6.45, 7) is 8.28. The minimum Gasteiger partial charge on any atom is -0.475 e. The topological polar surface area (TPSA) is 144 Å². The normalized spacial score (nSPS) is 9.89. The summed E-state index contributed by atoms with van der Waals surface area (Å²) in [5.41, 5.74) is 5.47. The molecule has 0 bridgehead atoms. The lowest BCUT2D eigenvalue weighted by Gasteiger charge is -2.12. The zero-order chi connectivity index (χ0) is 20.7. The molecule has 152 valence electrons. The number of oxazole rings is 2.